The van der Waals surface area contributed by atoms with E-state index in [1.54, 1.807) is 6.07 Å². The van der Waals surface area contributed by atoms with Crippen molar-refractivity contribution < 1.29 is 22.7 Å². The smallest absolute Gasteiger partial charge is 0.251 e. The van der Waals surface area contributed by atoms with E-state index < -0.39 is 10.0 Å². The van der Waals surface area contributed by atoms with Crippen LogP contribution in [0.3, 0.4) is 0 Å². The van der Waals surface area contributed by atoms with E-state index in [1.807, 2.05) is 13.8 Å². The van der Waals surface area contributed by atoms with E-state index in [2.05, 4.69) is 5.32 Å². The molecule has 0 spiro atoms. The van der Waals surface area contributed by atoms with Crippen LogP contribution in [0, 0.1) is 0 Å². The van der Waals surface area contributed by atoms with Crippen molar-refractivity contribution in [3.63, 3.8) is 0 Å². The highest BCUT2D eigenvalue weighted by atomic mass is 32.2. The first-order valence-corrected chi connectivity index (χ1v) is 9.41. The van der Waals surface area contributed by atoms with Crippen molar-refractivity contribution in [2.75, 3.05) is 33.4 Å². The summed E-state index contributed by atoms with van der Waals surface area (Å²) in [5.41, 5.74) is 0.294. The number of benzene rings is 1. The van der Waals surface area contributed by atoms with Crippen molar-refractivity contribution in [1.82, 2.24) is 9.62 Å². The minimum atomic E-state index is -3.75. The van der Waals surface area contributed by atoms with Gasteiger partial charge in [-0.2, -0.15) is 4.31 Å². The number of carbonyl (C=O) groups is 1. The van der Waals surface area contributed by atoms with Crippen LogP contribution in [0.2, 0.25) is 0 Å². The molecular weight excluding hydrogens is 332 g/mol. The molecule has 0 radical (unpaired) electrons. The van der Waals surface area contributed by atoms with Crippen LogP contribution in [0.1, 0.15) is 30.6 Å². The van der Waals surface area contributed by atoms with Crippen molar-refractivity contribution in [2.45, 2.75) is 31.2 Å². The summed E-state index contributed by atoms with van der Waals surface area (Å²) < 4.78 is 37.5. The fourth-order valence-electron chi connectivity index (χ4n) is 2.35. The Hall–Kier alpha value is -1.64. The number of nitrogens with one attached hydrogen (secondary N) is 1. The number of carbonyl (C=O) groups excluding carboxylic acids is 1. The molecule has 24 heavy (non-hydrogen) atoms. The molecule has 1 amide bonds. The number of hydrogen-bond acceptors (Lipinski definition) is 5. The van der Waals surface area contributed by atoms with Crippen LogP contribution in [0.25, 0.3) is 0 Å². The maximum Gasteiger partial charge on any atom is 0.251 e. The maximum atomic E-state index is 12.9. The number of sulfonamides is 1. The lowest BCUT2D eigenvalue weighted by Gasteiger charge is -2.26. The van der Waals surface area contributed by atoms with E-state index in [0.717, 1.165) is 6.42 Å². The standard InChI is InChI=1S/C16H24N2O5S/c1-4-12(2)17-16(19)13-5-6-14(22-3)15(11-13)24(20,21)18-7-9-23-10-8-18/h5-6,11-12H,4,7-10H2,1-3H3,(H,17,19)/t12-/m0/s1. The van der Waals surface area contributed by atoms with Gasteiger partial charge in [-0.1, -0.05) is 6.92 Å². The number of ether oxygens (including phenoxy) is 2. The predicted molar refractivity (Wildman–Crippen MR) is 89.8 cm³/mol. The summed E-state index contributed by atoms with van der Waals surface area (Å²) in [5, 5.41) is 2.83. The fraction of sp³-hybridized carbons (Fsp3) is 0.562. The molecule has 0 unspecified atom stereocenters. The number of amides is 1. The Kier molecular flexibility index (Phi) is 6.20. The van der Waals surface area contributed by atoms with Gasteiger partial charge in [0.15, 0.2) is 0 Å². The van der Waals surface area contributed by atoms with Crippen LogP contribution in [0.5, 0.6) is 5.75 Å². The van der Waals surface area contributed by atoms with Gasteiger partial charge in [0.2, 0.25) is 10.0 Å². The monoisotopic (exact) mass is 356 g/mol. The van der Waals surface area contributed by atoms with Gasteiger partial charge in [-0.05, 0) is 31.5 Å². The first-order chi connectivity index (χ1) is 11.4. The first kappa shape index (κ1) is 18.7. The van der Waals surface area contributed by atoms with Crippen LogP contribution < -0.4 is 10.1 Å². The highest BCUT2D eigenvalue weighted by molar-refractivity contribution is 7.89. The number of hydrogen-bond donors (Lipinski definition) is 1. The summed E-state index contributed by atoms with van der Waals surface area (Å²) in [6.45, 7) is 5.15. The van der Waals surface area contributed by atoms with Gasteiger partial charge in [0.05, 0.1) is 20.3 Å². The van der Waals surface area contributed by atoms with Crippen molar-refractivity contribution in [3.8, 4) is 5.75 Å². The van der Waals surface area contributed by atoms with E-state index >= 15 is 0 Å². The lowest BCUT2D eigenvalue weighted by atomic mass is 10.2. The Bertz CT molecular complexity index is 684. The molecule has 2 rings (SSSR count). The molecule has 134 valence electrons. The molecule has 1 heterocycles. The van der Waals surface area contributed by atoms with E-state index in [1.165, 1.54) is 23.5 Å². The van der Waals surface area contributed by atoms with Gasteiger partial charge >= 0.3 is 0 Å². The van der Waals surface area contributed by atoms with E-state index in [4.69, 9.17) is 9.47 Å². The maximum absolute atomic E-state index is 12.9. The molecule has 0 saturated carbocycles. The SMILES string of the molecule is CC[C@H](C)NC(=O)c1ccc(OC)c(S(=O)(=O)N2CCOCC2)c1. The molecule has 1 aromatic rings. The Morgan fingerprint density at radius 2 is 2.04 bits per heavy atom. The van der Waals surface area contributed by atoms with E-state index in [0.29, 0.717) is 18.8 Å². The molecule has 0 aromatic heterocycles. The lowest BCUT2D eigenvalue weighted by molar-refractivity contribution is 0.0729. The van der Waals surface area contributed by atoms with Gasteiger partial charge in [-0.15, -0.1) is 0 Å². The molecule has 1 saturated heterocycles. The van der Waals surface area contributed by atoms with Crippen LogP contribution in [-0.4, -0.2) is 58.1 Å². The minimum Gasteiger partial charge on any atom is -0.495 e. The summed E-state index contributed by atoms with van der Waals surface area (Å²) in [6.07, 6.45) is 0.792. The number of nitrogens with zero attached hydrogens (tertiary/aromatic N) is 1. The molecule has 8 heteroatoms. The molecule has 1 aromatic carbocycles. The van der Waals surface area contributed by atoms with Crippen LogP contribution in [-0.2, 0) is 14.8 Å². The normalized spacial score (nSPS) is 17.3. The molecule has 0 bridgehead atoms. The highest BCUT2D eigenvalue weighted by Crippen LogP contribution is 2.28. The van der Waals surface area contributed by atoms with Gasteiger partial charge in [0.1, 0.15) is 10.6 Å². The topological polar surface area (TPSA) is 84.9 Å². The summed E-state index contributed by atoms with van der Waals surface area (Å²) in [4.78, 5) is 12.3. The predicted octanol–water partition coefficient (Wildman–Crippen LogP) is 1.24. The van der Waals surface area contributed by atoms with Crippen LogP contribution >= 0.6 is 0 Å². The van der Waals surface area contributed by atoms with E-state index in [-0.39, 0.29) is 35.7 Å². The third kappa shape index (κ3) is 4.06. The lowest BCUT2D eigenvalue weighted by Crippen LogP contribution is -2.40. The van der Waals surface area contributed by atoms with Gasteiger partial charge in [-0.25, -0.2) is 8.42 Å². The molecular formula is C16H24N2O5S. The minimum absolute atomic E-state index is 0.00343. The Morgan fingerprint density at radius 3 is 2.62 bits per heavy atom. The zero-order valence-corrected chi connectivity index (χ0v) is 15.1. The van der Waals surface area contributed by atoms with Gasteiger partial charge < -0.3 is 14.8 Å². The zero-order valence-electron chi connectivity index (χ0n) is 14.2. The fourth-order valence-corrected chi connectivity index (χ4v) is 3.94. The summed E-state index contributed by atoms with van der Waals surface area (Å²) in [7, 11) is -2.34. The zero-order chi connectivity index (χ0) is 17.7. The van der Waals surface area contributed by atoms with Gasteiger partial charge in [-0.3, -0.25) is 4.79 Å². The molecule has 1 aliphatic heterocycles. The average molecular weight is 356 g/mol. The highest BCUT2D eigenvalue weighted by Gasteiger charge is 2.30. The van der Waals surface area contributed by atoms with Gasteiger partial charge in [0.25, 0.3) is 5.91 Å². The second kappa shape index (κ2) is 7.96. The summed E-state index contributed by atoms with van der Waals surface area (Å²) in [5.74, 6) is -0.0768. The third-order valence-electron chi connectivity index (χ3n) is 4.00. The Balaban J connectivity index is 2.37. The summed E-state index contributed by atoms with van der Waals surface area (Å²) in [6, 6.07) is 4.47. The molecule has 1 atom stereocenters. The second-order valence-corrected chi connectivity index (χ2v) is 7.57. The van der Waals surface area contributed by atoms with Crippen LogP contribution in [0.15, 0.2) is 23.1 Å². The van der Waals surface area contributed by atoms with Crippen molar-refractivity contribution >= 4 is 15.9 Å². The third-order valence-corrected chi connectivity index (χ3v) is 5.92. The molecule has 1 N–H and O–H groups in total. The Morgan fingerprint density at radius 1 is 1.38 bits per heavy atom. The molecule has 0 aliphatic carbocycles. The Labute approximate surface area is 143 Å². The quantitative estimate of drug-likeness (QED) is 0.829. The first-order valence-electron chi connectivity index (χ1n) is 7.97. The van der Waals surface area contributed by atoms with Crippen LogP contribution in [0.4, 0.5) is 0 Å². The number of methoxy groups -OCH3 is 1. The molecule has 1 aliphatic rings. The number of morpholine rings is 1. The van der Waals surface area contributed by atoms with Crippen molar-refractivity contribution in [2.24, 2.45) is 0 Å². The van der Waals surface area contributed by atoms with Gasteiger partial charge in [0, 0.05) is 24.7 Å². The molecule has 1 fully saturated rings. The number of rotatable bonds is 6. The van der Waals surface area contributed by atoms with E-state index in [9.17, 15) is 13.2 Å². The van der Waals surface area contributed by atoms with Crippen molar-refractivity contribution in [1.29, 1.82) is 0 Å². The average Bonchev–Trinajstić information content (AvgIpc) is 2.61. The van der Waals surface area contributed by atoms with Crippen molar-refractivity contribution in [3.05, 3.63) is 23.8 Å². The summed E-state index contributed by atoms with van der Waals surface area (Å²) >= 11 is 0. The molecule has 7 nitrogen and oxygen atoms in total. The largest absolute Gasteiger partial charge is 0.495 e. The second-order valence-electron chi connectivity index (χ2n) is 5.66.